The Balaban J connectivity index is 1.60. The molecule has 2 heterocycles. The number of aromatic hydroxyl groups is 1. The first-order chi connectivity index (χ1) is 20.1. The second-order valence-corrected chi connectivity index (χ2v) is 11.1. The number of carbonyl (C=O) groups excluding carboxylic acids is 4. The third-order valence-electron chi connectivity index (χ3n) is 8.14. The van der Waals surface area contributed by atoms with Crippen LogP contribution in [0.4, 0.5) is 0 Å². The molecule has 2 aromatic rings. The Kier molecular flexibility index (Phi) is 10.0. The molecule has 11 nitrogen and oxygen atoms in total. The van der Waals surface area contributed by atoms with Crippen LogP contribution in [0.3, 0.4) is 0 Å². The van der Waals surface area contributed by atoms with E-state index in [9.17, 15) is 24.3 Å². The molecule has 11 heteroatoms. The largest absolute Gasteiger partial charge is 0.503 e. The summed E-state index contributed by atoms with van der Waals surface area (Å²) in [6.07, 6.45) is 2.09. The molecule has 1 aromatic heterocycles. The molecule has 1 amide bonds. The van der Waals surface area contributed by atoms with Crippen molar-refractivity contribution in [1.29, 1.82) is 0 Å². The van der Waals surface area contributed by atoms with Crippen LogP contribution in [0.2, 0.25) is 0 Å². The third kappa shape index (κ3) is 7.00. The second kappa shape index (κ2) is 13.7. The van der Waals surface area contributed by atoms with E-state index >= 15 is 0 Å². The van der Waals surface area contributed by atoms with Crippen molar-refractivity contribution in [2.24, 2.45) is 23.7 Å². The maximum atomic E-state index is 13.6. The van der Waals surface area contributed by atoms with Crippen LogP contribution in [0.5, 0.6) is 11.5 Å². The maximum Gasteiger partial charge on any atom is 0.332 e. The molecule has 42 heavy (non-hydrogen) atoms. The van der Waals surface area contributed by atoms with Crippen molar-refractivity contribution >= 4 is 23.8 Å². The SMILES string of the molecule is COc1ccnc(C(=O)NC2COC(=O)[C@H](Cc3ccccc3)C(OC(=O)C3C(C)CCCC3C)[C@H](C)OC2=O)c1O. The summed E-state index contributed by atoms with van der Waals surface area (Å²) in [6.45, 7) is 5.05. The summed E-state index contributed by atoms with van der Waals surface area (Å²) in [5.41, 5.74) is 0.424. The van der Waals surface area contributed by atoms with Gasteiger partial charge in [-0.15, -0.1) is 0 Å². The first-order valence-corrected chi connectivity index (χ1v) is 14.2. The average molecular weight is 583 g/mol. The monoisotopic (exact) mass is 582 g/mol. The number of nitrogens with zero attached hydrogens (tertiary/aromatic N) is 1. The van der Waals surface area contributed by atoms with Gasteiger partial charge in [-0.05, 0) is 43.6 Å². The standard InChI is InChI=1S/C31H38N2O9/c1-17-9-8-10-18(2)24(17)31(38)42-27-19(3)41-30(37)22(33-28(35)25-26(34)23(39-4)13-14-32-25)16-40-29(36)21(27)15-20-11-6-5-7-12-20/h5-7,11-14,17-19,21-22,24,27,34H,8-10,15-16H2,1-4H3,(H,33,35)/t17?,18?,19-,21+,22?,24?,27?/m0/s1. The molecule has 4 unspecified atom stereocenters. The van der Waals surface area contributed by atoms with E-state index in [2.05, 4.69) is 10.3 Å². The van der Waals surface area contributed by atoms with Crippen molar-refractivity contribution in [3.05, 3.63) is 53.9 Å². The molecule has 2 N–H and O–H groups in total. The van der Waals surface area contributed by atoms with E-state index in [0.717, 1.165) is 24.8 Å². The van der Waals surface area contributed by atoms with Crippen molar-refractivity contribution in [2.45, 2.75) is 64.7 Å². The van der Waals surface area contributed by atoms with Gasteiger partial charge in [-0.1, -0.05) is 50.6 Å². The van der Waals surface area contributed by atoms with E-state index in [1.54, 1.807) is 6.92 Å². The number of nitrogens with one attached hydrogen (secondary N) is 1. The Morgan fingerprint density at radius 1 is 1.05 bits per heavy atom. The lowest BCUT2D eigenvalue weighted by Gasteiger charge is -2.36. The summed E-state index contributed by atoms with van der Waals surface area (Å²) in [4.78, 5) is 57.1. The number of esters is 3. The van der Waals surface area contributed by atoms with Gasteiger partial charge in [0.15, 0.2) is 29.3 Å². The zero-order chi connectivity index (χ0) is 30.4. The highest BCUT2D eigenvalue weighted by Crippen LogP contribution is 2.36. The van der Waals surface area contributed by atoms with Gasteiger partial charge in [0.25, 0.3) is 5.91 Å². The number of amides is 1. The number of hydrogen-bond acceptors (Lipinski definition) is 10. The number of aromatic nitrogens is 1. The first kappa shape index (κ1) is 30.8. The fraction of sp³-hybridized carbons (Fsp3) is 0.516. The minimum absolute atomic E-state index is 0.0160. The molecule has 1 aliphatic heterocycles. The molecule has 0 bridgehead atoms. The highest BCUT2D eigenvalue weighted by molar-refractivity contribution is 5.98. The van der Waals surface area contributed by atoms with Crippen LogP contribution in [0.15, 0.2) is 42.6 Å². The summed E-state index contributed by atoms with van der Waals surface area (Å²) in [6, 6.07) is 9.16. The highest BCUT2D eigenvalue weighted by Gasteiger charge is 2.44. The number of benzene rings is 1. The predicted molar refractivity (Wildman–Crippen MR) is 149 cm³/mol. The lowest BCUT2D eigenvalue weighted by molar-refractivity contribution is -0.180. The first-order valence-electron chi connectivity index (χ1n) is 14.2. The molecule has 2 aliphatic rings. The van der Waals surface area contributed by atoms with E-state index < -0.39 is 60.3 Å². The number of methoxy groups -OCH3 is 1. The number of carbonyl (C=O) groups is 4. The van der Waals surface area contributed by atoms with Crippen molar-refractivity contribution in [3.63, 3.8) is 0 Å². The fourth-order valence-electron chi connectivity index (χ4n) is 5.83. The Labute approximate surface area is 244 Å². The summed E-state index contributed by atoms with van der Waals surface area (Å²) in [5.74, 6) is -4.54. The number of pyridine rings is 1. The third-order valence-corrected chi connectivity index (χ3v) is 8.14. The number of hydrogen-bond donors (Lipinski definition) is 2. The molecule has 0 radical (unpaired) electrons. The molecule has 4 rings (SSSR count). The summed E-state index contributed by atoms with van der Waals surface area (Å²) < 4.78 is 22.3. The minimum atomic E-state index is -1.42. The van der Waals surface area contributed by atoms with Gasteiger partial charge in [-0.2, -0.15) is 0 Å². The normalized spacial score (nSPS) is 28.2. The van der Waals surface area contributed by atoms with Crippen molar-refractivity contribution in [3.8, 4) is 11.5 Å². The predicted octanol–water partition coefficient (Wildman–Crippen LogP) is 3.23. The lowest BCUT2D eigenvalue weighted by Crippen LogP contribution is -2.47. The number of rotatable bonds is 7. The van der Waals surface area contributed by atoms with E-state index in [-0.39, 0.29) is 35.6 Å². The summed E-state index contributed by atoms with van der Waals surface area (Å²) >= 11 is 0. The van der Waals surface area contributed by atoms with E-state index in [0.29, 0.717) is 0 Å². The number of ether oxygens (including phenoxy) is 4. The summed E-state index contributed by atoms with van der Waals surface area (Å²) in [7, 11) is 1.32. The molecule has 2 fully saturated rings. The van der Waals surface area contributed by atoms with Crippen LogP contribution in [0, 0.1) is 23.7 Å². The van der Waals surface area contributed by atoms with Gasteiger partial charge in [0.05, 0.1) is 13.0 Å². The zero-order valence-electron chi connectivity index (χ0n) is 24.3. The Morgan fingerprint density at radius 3 is 2.40 bits per heavy atom. The van der Waals surface area contributed by atoms with Gasteiger partial charge in [0.1, 0.15) is 18.6 Å². The average Bonchev–Trinajstić information content (AvgIpc) is 3.00. The van der Waals surface area contributed by atoms with Gasteiger partial charge in [0.2, 0.25) is 0 Å². The molecular weight excluding hydrogens is 544 g/mol. The highest BCUT2D eigenvalue weighted by atomic mass is 16.6. The second-order valence-electron chi connectivity index (χ2n) is 11.1. The molecule has 6 atom stereocenters. The lowest BCUT2D eigenvalue weighted by atomic mass is 9.73. The molecule has 1 saturated carbocycles. The Bertz CT molecular complexity index is 1270. The summed E-state index contributed by atoms with van der Waals surface area (Å²) in [5, 5.41) is 12.7. The number of cyclic esters (lactones) is 2. The topological polar surface area (TPSA) is 150 Å². The van der Waals surface area contributed by atoms with Crippen molar-refractivity contribution in [2.75, 3.05) is 13.7 Å². The Morgan fingerprint density at radius 2 is 1.74 bits per heavy atom. The van der Waals surface area contributed by atoms with E-state index in [4.69, 9.17) is 18.9 Å². The Hall–Kier alpha value is -4.15. The molecule has 226 valence electrons. The van der Waals surface area contributed by atoms with Crippen LogP contribution >= 0.6 is 0 Å². The van der Waals surface area contributed by atoms with Gasteiger partial charge in [-0.25, -0.2) is 9.78 Å². The molecular formula is C31H38N2O9. The van der Waals surface area contributed by atoms with Gasteiger partial charge < -0.3 is 29.4 Å². The van der Waals surface area contributed by atoms with Crippen LogP contribution in [0.25, 0.3) is 0 Å². The molecule has 0 spiro atoms. The van der Waals surface area contributed by atoms with E-state index in [1.807, 2.05) is 44.2 Å². The van der Waals surface area contributed by atoms with Gasteiger partial charge in [-0.3, -0.25) is 14.4 Å². The van der Waals surface area contributed by atoms with E-state index in [1.165, 1.54) is 19.4 Å². The zero-order valence-corrected chi connectivity index (χ0v) is 24.3. The van der Waals surface area contributed by atoms with Gasteiger partial charge >= 0.3 is 17.9 Å². The van der Waals surface area contributed by atoms with Crippen LogP contribution in [-0.4, -0.2) is 65.9 Å². The molecule has 1 aromatic carbocycles. The quantitative estimate of drug-likeness (QED) is 0.368. The van der Waals surface area contributed by atoms with Crippen LogP contribution < -0.4 is 10.1 Å². The van der Waals surface area contributed by atoms with Crippen LogP contribution in [0.1, 0.15) is 56.1 Å². The van der Waals surface area contributed by atoms with Crippen molar-refractivity contribution in [1.82, 2.24) is 10.3 Å². The minimum Gasteiger partial charge on any atom is -0.503 e. The van der Waals surface area contributed by atoms with Crippen molar-refractivity contribution < 1.29 is 43.2 Å². The fourth-order valence-corrected chi connectivity index (χ4v) is 5.83. The maximum absolute atomic E-state index is 13.6. The van der Waals surface area contributed by atoms with Gasteiger partial charge in [0, 0.05) is 12.3 Å². The smallest absolute Gasteiger partial charge is 0.332 e. The van der Waals surface area contributed by atoms with Crippen LogP contribution in [-0.2, 0) is 35.0 Å². The molecule has 1 saturated heterocycles. The molecule has 1 aliphatic carbocycles.